The Hall–Kier alpha value is -1.73. The summed E-state index contributed by atoms with van der Waals surface area (Å²) in [7, 11) is 3.14. The number of Topliss-reactive ketones (excluding diaryl/α,β-unsaturated/α-hetero) is 1. The van der Waals surface area contributed by atoms with Crippen molar-refractivity contribution in [1.29, 1.82) is 0 Å². The fourth-order valence-electron chi connectivity index (χ4n) is 6.77. The van der Waals surface area contributed by atoms with Gasteiger partial charge in [-0.15, -0.1) is 0 Å². The van der Waals surface area contributed by atoms with E-state index in [4.69, 9.17) is 9.47 Å². The van der Waals surface area contributed by atoms with Crippen molar-refractivity contribution in [3.8, 4) is 0 Å². The Morgan fingerprint density at radius 3 is 2.65 bits per heavy atom. The summed E-state index contributed by atoms with van der Waals surface area (Å²) in [6.07, 6.45) is 3.83. The number of aliphatic hydroxyl groups is 1. The lowest BCUT2D eigenvalue weighted by Crippen LogP contribution is -2.63. The lowest BCUT2D eigenvalue weighted by molar-refractivity contribution is -0.197. The van der Waals surface area contributed by atoms with Gasteiger partial charge >= 0.3 is 11.9 Å². The molecule has 0 radical (unpaired) electrons. The van der Waals surface area contributed by atoms with Gasteiger partial charge in [-0.3, -0.25) is 9.59 Å². The van der Waals surface area contributed by atoms with E-state index < -0.39 is 17.5 Å². The molecular formula is C24H37NO6. The van der Waals surface area contributed by atoms with Crippen molar-refractivity contribution in [2.75, 3.05) is 27.3 Å². The molecular weight excluding hydrogens is 398 g/mol. The lowest BCUT2D eigenvalue weighted by atomic mass is 9.42. The van der Waals surface area contributed by atoms with E-state index in [1.165, 1.54) is 7.11 Å². The van der Waals surface area contributed by atoms with E-state index in [1.54, 1.807) is 20.0 Å². The van der Waals surface area contributed by atoms with Crippen LogP contribution in [0.5, 0.6) is 0 Å². The molecule has 7 nitrogen and oxygen atoms in total. The molecule has 0 amide bonds. The SMILES string of the molecule is CNCCOC(=O)/C=C1\CCC2C(C(=O)CC3C2(C)CCC(O)C3(C)C(=O)OC)C1C. The number of ketones is 1. The highest BCUT2D eigenvalue weighted by Gasteiger charge is 2.65. The van der Waals surface area contributed by atoms with Crippen LogP contribution in [0.2, 0.25) is 0 Å². The summed E-state index contributed by atoms with van der Waals surface area (Å²) in [6.45, 7) is 6.88. The van der Waals surface area contributed by atoms with Gasteiger partial charge in [0.05, 0.1) is 18.6 Å². The zero-order valence-corrected chi connectivity index (χ0v) is 19.4. The maximum absolute atomic E-state index is 13.4. The van der Waals surface area contributed by atoms with Gasteiger partial charge in [0.25, 0.3) is 0 Å². The van der Waals surface area contributed by atoms with Crippen molar-refractivity contribution in [2.45, 2.75) is 59.0 Å². The van der Waals surface area contributed by atoms with E-state index in [0.29, 0.717) is 19.6 Å². The number of nitrogens with one attached hydrogen (secondary N) is 1. The number of carbonyl (C=O) groups excluding carboxylic acids is 3. The molecule has 0 aromatic rings. The van der Waals surface area contributed by atoms with Crippen LogP contribution in [0.3, 0.4) is 0 Å². The van der Waals surface area contributed by atoms with Crippen LogP contribution in [-0.4, -0.2) is 56.2 Å². The number of aliphatic hydroxyl groups excluding tert-OH is 1. The quantitative estimate of drug-likeness (QED) is 0.388. The zero-order chi connectivity index (χ0) is 23.0. The maximum Gasteiger partial charge on any atom is 0.330 e. The van der Waals surface area contributed by atoms with E-state index in [9.17, 15) is 19.5 Å². The van der Waals surface area contributed by atoms with Crippen molar-refractivity contribution in [1.82, 2.24) is 5.32 Å². The van der Waals surface area contributed by atoms with E-state index in [0.717, 1.165) is 24.8 Å². The van der Waals surface area contributed by atoms with Gasteiger partial charge < -0.3 is 19.9 Å². The molecule has 0 saturated heterocycles. The number of hydrogen-bond donors (Lipinski definition) is 2. The molecule has 3 rings (SSSR count). The number of allylic oxidation sites excluding steroid dienone is 1. The molecule has 0 bridgehead atoms. The first-order valence-electron chi connectivity index (χ1n) is 11.4. The van der Waals surface area contributed by atoms with Gasteiger partial charge in [0.1, 0.15) is 12.4 Å². The Morgan fingerprint density at radius 1 is 1.29 bits per heavy atom. The molecule has 2 N–H and O–H groups in total. The lowest BCUT2D eigenvalue weighted by Gasteiger charge is -2.61. The van der Waals surface area contributed by atoms with Crippen LogP contribution >= 0.6 is 0 Å². The first-order chi connectivity index (χ1) is 14.6. The Bertz CT molecular complexity index is 763. The average molecular weight is 436 g/mol. The minimum Gasteiger partial charge on any atom is -0.469 e. The number of carbonyl (C=O) groups is 3. The third-order valence-electron chi connectivity index (χ3n) is 8.62. The zero-order valence-electron chi connectivity index (χ0n) is 19.4. The number of hydrogen-bond acceptors (Lipinski definition) is 7. The molecule has 0 heterocycles. The number of esters is 2. The van der Waals surface area contributed by atoms with E-state index in [-0.39, 0.29) is 47.3 Å². The van der Waals surface area contributed by atoms with Gasteiger partial charge in [-0.1, -0.05) is 19.4 Å². The summed E-state index contributed by atoms with van der Waals surface area (Å²) in [6, 6.07) is 0. The van der Waals surface area contributed by atoms with Crippen LogP contribution in [0, 0.1) is 34.5 Å². The highest BCUT2D eigenvalue weighted by molar-refractivity contribution is 5.87. The molecule has 7 atom stereocenters. The molecule has 3 fully saturated rings. The normalized spacial score (nSPS) is 41.3. The van der Waals surface area contributed by atoms with Crippen molar-refractivity contribution < 1.29 is 29.0 Å². The first-order valence-corrected chi connectivity index (χ1v) is 11.4. The Labute approximate surface area is 184 Å². The standard InChI is InChI=1S/C24H37NO6/c1-14-15(12-20(28)31-11-10-25-4)6-7-16-21(14)17(26)13-18-23(16,2)9-8-19(27)24(18,3)22(29)30-5/h12,14,16,18-19,21,25,27H,6-11,13H2,1-5H3/b15-12+. The predicted molar refractivity (Wildman–Crippen MR) is 115 cm³/mol. The van der Waals surface area contributed by atoms with E-state index in [2.05, 4.69) is 12.2 Å². The minimum absolute atomic E-state index is 0.0443. The summed E-state index contributed by atoms with van der Waals surface area (Å²) in [5.41, 5.74) is -0.357. The average Bonchev–Trinajstić information content (AvgIpc) is 2.74. The molecule has 7 heteroatoms. The molecule has 7 unspecified atom stereocenters. The van der Waals surface area contributed by atoms with Gasteiger partial charge in [-0.2, -0.15) is 0 Å². The van der Waals surface area contributed by atoms with Crippen LogP contribution in [0.4, 0.5) is 0 Å². The topological polar surface area (TPSA) is 102 Å². The van der Waals surface area contributed by atoms with Crippen molar-refractivity contribution in [2.24, 2.45) is 34.5 Å². The second kappa shape index (κ2) is 9.02. The Morgan fingerprint density at radius 2 is 2.00 bits per heavy atom. The van der Waals surface area contributed by atoms with Crippen LogP contribution in [-0.2, 0) is 23.9 Å². The number of methoxy groups -OCH3 is 1. The summed E-state index contributed by atoms with van der Waals surface area (Å²) in [5, 5.41) is 13.7. The van der Waals surface area contributed by atoms with Gasteiger partial charge in [0.2, 0.25) is 0 Å². The van der Waals surface area contributed by atoms with Crippen molar-refractivity contribution in [3.63, 3.8) is 0 Å². The van der Waals surface area contributed by atoms with Crippen molar-refractivity contribution >= 4 is 17.7 Å². The monoisotopic (exact) mass is 435 g/mol. The maximum atomic E-state index is 13.4. The third kappa shape index (κ3) is 3.95. The molecule has 0 aromatic carbocycles. The fraction of sp³-hybridized carbons (Fsp3) is 0.792. The number of rotatable bonds is 5. The molecule has 0 aliphatic heterocycles. The molecule has 31 heavy (non-hydrogen) atoms. The first kappa shape index (κ1) is 23.9. The minimum atomic E-state index is -1.08. The van der Waals surface area contributed by atoms with Gasteiger partial charge in [-0.25, -0.2) is 4.79 Å². The largest absolute Gasteiger partial charge is 0.469 e. The molecule has 0 aromatic heterocycles. The molecule has 3 saturated carbocycles. The van der Waals surface area contributed by atoms with Crippen molar-refractivity contribution in [3.05, 3.63) is 11.6 Å². The molecule has 174 valence electrons. The molecule has 3 aliphatic carbocycles. The van der Waals surface area contributed by atoms with Crippen LogP contribution in [0.15, 0.2) is 11.6 Å². The number of likely N-dealkylation sites (N-methyl/N-ethyl adjacent to an activating group) is 1. The third-order valence-corrected chi connectivity index (χ3v) is 8.62. The summed E-state index contributed by atoms with van der Waals surface area (Å²) in [5.74, 6) is -1.03. The summed E-state index contributed by atoms with van der Waals surface area (Å²) >= 11 is 0. The highest BCUT2D eigenvalue weighted by atomic mass is 16.5. The highest BCUT2D eigenvalue weighted by Crippen LogP contribution is 2.64. The van der Waals surface area contributed by atoms with Crippen LogP contribution in [0.1, 0.15) is 52.9 Å². The fourth-order valence-corrected chi connectivity index (χ4v) is 6.77. The number of fused-ring (bicyclic) bond motifs is 3. The molecule has 0 spiro atoms. The van der Waals surface area contributed by atoms with Gasteiger partial charge in [-0.05, 0) is 62.8 Å². The van der Waals surface area contributed by atoms with E-state index >= 15 is 0 Å². The summed E-state index contributed by atoms with van der Waals surface area (Å²) in [4.78, 5) is 38.4. The van der Waals surface area contributed by atoms with Crippen LogP contribution in [0.25, 0.3) is 0 Å². The second-order valence-electron chi connectivity index (χ2n) is 10.0. The second-order valence-corrected chi connectivity index (χ2v) is 10.0. The van der Waals surface area contributed by atoms with Gasteiger partial charge in [0, 0.05) is 25.0 Å². The van der Waals surface area contributed by atoms with Crippen LogP contribution < -0.4 is 5.32 Å². The Kier molecular flexibility index (Phi) is 6.96. The molecule has 3 aliphatic rings. The van der Waals surface area contributed by atoms with Gasteiger partial charge in [0.15, 0.2) is 0 Å². The summed E-state index contributed by atoms with van der Waals surface area (Å²) < 4.78 is 10.3. The van der Waals surface area contributed by atoms with E-state index in [1.807, 2.05) is 6.92 Å². The smallest absolute Gasteiger partial charge is 0.330 e. The Balaban J connectivity index is 1.87. The predicted octanol–water partition coefficient (Wildman–Crippen LogP) is 2.27. The number of ether oxygens (including phenoxy) is 2.